The average Bonchev–Trinajstić information content (AvgIpc) is 2.98. The fourth-order valence-electron chi connectivity index (χ4n) is 3.19. The van der Waals surface area contributed by atoms with Gasteiger partial charge in [-0.25, -0.2) is 4.39 Å². The number of aromatic amines is 1. The number of hydrogen-bond donors (Lipinski definition) is 2. The highest BCUT2D eigenvalue weighted by Crippen LogP contribution is 2.29. The smallest absolute Gasteiger partial charge is 0.198 e. The summed E-state index contributed by atoms with van der Waals surface area (Å²) in [6, 6.07) is 10.7. The second kappa shape index (κ2) is 8.22. The molecule has 2 N–H and O–H groups in total. The first kappa shape index (κ1) is 18.9. The van der Waals surface area contributed by atoms with Crippen molar-refractivity contribution in [3.05, 3.63) is 53.3 Å². The molecule has 0 saturated heterocycles. The van der Waals surface area contributed by atoms with Crippen LogP contribution in [0.15, 0.2) is 41.4 Å². The average molecular weight is 369 g/mol. The van der Waals surface area contributed by atoms with E-state index in [-0.39, 0.29) is 11.7 Å². The van der Waals surface area contributed by atoms with Crippen LogP contribution in [0.2, 0.25) is 0 Å². The monoisotopic (exact) mass is 369 g/mol. The number of methoxy groups -OCH3 is 1. The third-order valence-corrected chi connectivity index (χ3v) is 4.61. The Bertz CT molecular complexity index is 965. The van der Waals surface area contributed by atoms with Crippen molar-refractivity contribution in [1.29, 1.82) is 0 Å². The summed E-state index contributed by atoms with van der Waals surface area (Å²) in [6.07, 6.45) is 1.57. The number of fused-ring (bicyclic) bond motifs is 1. The van der Waals surface area contributed by atoms with Crippen molar-refractivity contribution in [3.8, 4) is 5.88 Å². The highest BCUT2D eigenvalue weighted by molar-refractivity contribution is 6.04. The second-order valence-electron chi connectivity index (χ2n) is 6.35. The molecule has 0 saturated carbocycles. The molecule has 3 aromatic rings. The van der Waals surface area contributed by atoms with Gasteiger partial charge >= 0.3 is 0 Å². The topological polar surface area (TPSA) is 60.9 Å². The minimum atomic E-state index is -0.332. The maximum absolute atomic E-state index is 14.6. The number of hydrogen-bond acceptors (Lipinski definition) is 4. The number of aliphatic imine (C=N–C) groups is 1. The van der Waals surface area contributed by atoms with E-state index in [9.17, 15) is 9.50 Å². The Morgan fingerprint density at radius 2 is 2.11 bits per heavy atom. The Hall–Kier alpha value is -2.86. The molecule has 0 radical (unpaired) electrons. The molecule has 3 rings (SSSR count). The molecule has 2 aromatic carbocycles. The summed E-state index contributed by atoms with van der Waals surface area (Å²) < 4.78 is 19.6. The van der Waals surface area contributed by atoms with Crippen molar-refractivity contribution < 1.29 is 14.2 Å². The van der Waals surface area contributed by atoms with E-state index in [0.717, 1.165) is 16.5 Å². The van der Waals surface area contributed by atoms with E-state index in [1.54, 1.807) is 25.5 Å². The molecule has 0 bridgehead atoms. The maximum atomic E-state index is 14.6. The van der Waals surface area contributed by atoms with Crippen LogP contribution in [0.1, 0.15) is 18.1 Å². The van der Waals surface area contributed by atoms with Crippen LogP contribution >= 0.6 is 0 Å². The van der Waals surface area contributed by atoms with Crippen LogP contribution in [-0.2, 0) is 4.74 Å². The molecular weight excluding hydrogens is 345 g/mol. The predicted octanol–water partition coefficient (Wildman–Crippen LogP) is 4.54. The Balaban J connectivity index is 1.89. The molecule has 0 spiro atoms. The van der Waals surface area contributed by atoms with Crippen LogP contribution in [0.25, 0.3) is 10.9 Å². The molecule has 0 fully saturated rings. The molecule has 0 atom stereocenters. The zero-order chi connectivity index (χ0) is 19.4. The van der Waals surface area contributed by atoms with Crippen molar-refractivity contribution >= 4 is 28.5 Å². The van der Waals surface area contributed by atoms with Gasteiger partial charge in [0.25, 0.3) is 0 Å². The highest BCUT2D eigenvalue weighted by Gasteiger charge is 2.12. The first-order valence-electron chi connectivity index (χ1n) is 8.93. The van der Waals surface area contributed by atoms with Gasteiger partial charge in [0, 0.05) is 43.4 Å². The van der Waals surface area contributed by atoms with Gasteiger partial charge in [0.05, 0.1) is 23.5 Å². The molecule has 1 aromatic heterocycles. The lowest BCUT2D eigenvalue weighted by Gasteiger charge is -2.23. The molecule has 27 heavy (non-hydrogen) atoms. The van der Waals surface area contributed by atoms with Gasteiger partial charge in [-0.2, -0.15) is 0 Å². The predicted molar refractivity (Wildman–Crippen MR) is 108 cm³/mol. The molecule has 5 nitrogen and oxygen atoms in total. The quantitative estimate of drug-likeness (QED) is 0.601. The Morgan fingerprint density at radius 3 is 2.81 bits per heavy atom. The summed E-state index contributed by atoms with van der Waals surface area (Å²) in [5.41, 5.74) is 3.49. The number of halogens is 1. The normalized spacial score (nSPS) is 11.6. The Kier molecular flexibility index (Phi) is 5.76. The van der Waals surface area contributed by atoms with Crippen molar-refractivity contribution in [3.63, 3.8) is 0 Å². The summed E-state index contributed by atoms with van der Waals surface area (Å²) in [5.74, 6) is -0.279. The van der Waals surface area contributed by atoms with Crippen LogP contribution in [0, 0.1) is 12.7 Å². The number of aryl methyl sites for hydroxylation is 1. The number of nitrogens with zero attached hydrogens (tertiary/aromatic N) is 2. The van der Waals surface area contributed by atoms with Gasteiger partial charge in [0.2, 0.25) is 0 Å². The lowest BCUT2D eigenvalue weighted by Crippen LogP contribution is -2.27. The van der Waals surface area contributed by atoms with E-state index in [4.69, 9.17) is 4.74 Å². The number of H-pyrrole nitrogens is 1. The molecule has 0 aliphatic carbocycles. The summed E-state index contributed by atoms with van der Waals surface area (Å²) >= 11 is 0. The molecule has 0 aliphatic heterocycles. The van der Waals surface area contributed by atoms with Crippen LogP contribution in [-0.4, -0.2) is 43.1 Å². The minimum absolute atomic E-state index is 0.0527. The summed E-state index contributed by atoms with van der Waals surface area (Å²) in [7, 11) is 1.63. The third kappa shape index (κ3) is 3.95. The lowest BCUT2D eigenvalue weighted by molar-refractivity contribution is 0.205. The van der Waals surface area contributed by atoms with Gasteiger partial charge < -0.3 is 19.7 Å². The van der Waals surface area contributed by atoms with E-state index in [0.29, 0.717) is 36.6 Å². The number of likely N-dealkylation sites (N-methyl/N-ethyl adjacent to an activating group) is 1. The van der Waals surface area contributed by atoms with Crippen LogP contribution in [0.3, 0.4) is 0 Å². The standard InChI is InChI=1S/C21H24FN3O2/c1-4-25(10-11-27-3)19-9-8-15(12-17(19)22)23-13-16-20-14(2)6-5-7-18(20)24-21(16)26/h5-9,12-13,24,26H,4,10-11H2,1-3H3. The van der Waals surface area contributed by atoms with Gasteiger partial charge in [-0.05, 0) is 37.6 Å². The van der Waals surface area contributed by atoms with Gasteiger partial charge in [0.1, 0.15) is 5.82 Å². The number of aromatic nitrogens is 1. The molecular formula is C21H24FN3O2. The first-order valence-corrected chi connectivity index (χ1v) is 8.93. The lowest BCUT2D eigenvalue weighted by atomic mass is 10.1. The van der Waals surface area contributed by atoms with Gasteiger partial charge in [0.15, 0.2) is 5.88 Å². The molecule has 142 valence electrons. The zero-order valence-electron chi connectivity index (χ0n) is 15.8. The van der Waals surface area contributed by atoms with E-state index in [1.807, 2.05) is 36.9 Å². The molecule has 6 heteroatoms. The maximum Gasteiger partial charge on any atom is 0.198 e. The van der Waals surface area contributed by atoms with Gasteiger partial charge in [-0.15, -0.1) is 0 Å². The van der Waals surface area contributed by atoms with Crippen molar-refractivity contribution in [2.24, 2.45) is 4.99 Å². The van der Waals surface area contributed by atoms with E-state index >= 15 is 0 Å². The van der Waals surface area contributed by atoms with E-state index in [1.165, 1.54) is 6.07 Å². The fourth-order valence-corrected chi connectivity index (χ4v) is 3.19. The van der Waals surface area contributed by atoms with Crippen molar-refractivity contribution in [2.45, 2.75) is 13.8 Å². The molecule has 1 heterocycles. The van der Waals surface area contributed by atoms with E-state index in [2.05, 4.69) is 9.98 Å². The zero-order valence-corrected chi connectivity index (χ0v) is 15.8. The summed E-state index contributed by atoms with van der Waals surface area (Å²) in [4.78, 5) is 9.22. The summed E-state index contributed by atoms with van der Waals surface area (Å²) in [6.45, 7) is 5.79. The number of anilines is 1. The number of nitrogens with one attached hydrogen (secondary N) is 1. The first-order chi connectivity index (χ1) is 13.0. The van der Waals surface area contributed by atoms with E-state index < -0.39 is 0 Å². The Labute approximate surface area is 158 Å². The third-order valence-electron chi connectivity index (χ3n) is 4.61. The number of aromatic hydroxyl groups is 1. The molecule has 0 amide bonds. The van der Waals surface area contributed by atoms with Crippen molar-refractivity contribution in [2.75, 3.05) is 31.7 Å². The SMILES string of the molecule is CCN(CCOC)c1ccc(N=Cc2c(O)[nH]c3cccc(C)c23)cc1F. The van der Waals surface area contributed by atoms with Crippen molar-refractivity contribution in [1.82, 2.24) is 4.98 Å². The number of benzene rings is 2. The highest BCUT2D eigenvalue weighted by atomic mass is 19.1. The van der Waals surface area contributed by atoms with Gasteiger partial charge in [-0.3, -0.25) is 4.99 Å². The summed E-state index contributed by atoms with van der Waals surface area (Å²) in [5, 5.41) is 11.1. The van der Waals surface area contributed by atoms with Crippen LogP contribution in [0.5, 0.6) is 5.88 Å². The van der Waals surface area contributed by atoms with Crippen LogP contribution in [0.4, 0.5) is 15.8 Å². The fraction of sp³-hybridized carbons (Fsp3) is 0.286. The second-order valence-corrected chi connectivity index (χ2v) is 6.35. The van der Waals surface area contributed by atoms with Crippen LogP contribution < -0.4 is 4.90 Å². The largest absolute Gasteiger partial charge is 0.494 e. The Morgan fingerprint density at radius 1 is 1.30 bits per heavy atom. The minimum Gasteiger partial charge on any atom is -0.494 e. The molecule has 0 aliphatic rings. The number of ether oxygens (including phenoxy) is 1. The number of rotatable bonds is 7. The van der Waals surface area contributed by atoms with Gasteiger partial charge in [-0.1, -0.05) is 12.1 Å². The molecule has 0 unspecified atom stereocenters.